The smallest absolute Gasteiger partial charge is 0.238 e. The molecule has 4 nitrogen and oxygen atoms in total. The van der Waals surface area contributed by atoms with E-state index in [0.29, 0.717) is 21.8 Å². The molecule has 5 heteroatoms. The van der Waals surface area contributed by atoms with Gasteiger partial charge in [0.15, 0.2) is 17.4 Å². The Morgan fingerprint density at radius 1 is 1.00 bits per heavy atom. The van der Waals surface area contributed by atoms with Gasteiger partial charge in [0.2, 0.25) is 5.70 Å². The van der Waals surface area contributed by atoms with Crippen LogP contribution in [0.1, 0.15) is 34.7 Å². The van der Waals surface area contributed by atoms with Gasteiger partial charge in [0, 0.05) is 17.3 Å². The fraction of sp³-hybridized carbons (Fsp3) is 0.200. The van der Waals surface area contributed by atoms with Gasteiger partial charge in [-0.3, -0.25) is 0 Å². The van der Waals surface area contributed by atoms with E-state index in [1.807, 2.05) is 56.3 Å². The lowest BCUT2D eigenvalue weighted by Crippen LogP contribution is -2.40. The van der Waals surface area contributed by atoms with Crippen molar-refractivity contribution in [3.05, 3.63) is 94.8 Å². The number of hydrogen-bond donors (Lipinski definition) is 2. The molecule has 0 bridgehead atoms. The maximum atomic E-state index is 13.5. The van der Waals surface area contributed by atoms with E-state index in [9.17, 15) is 10.2 Å². The Morgan fingerprint density at radius 3 is 2.27 bits per heavy atom. The van der Waals surface area contributed by atoms with E-state index in [0.717, 1.165) is 23.2 Å². The molecule has 0 unspecified atom stereocenters. The standard InChI is InChI=1S/C25H26N2O2S/c1-4-19-10-12-21(13-11-19)24(29)23(27-14-6-9-20(15-27)16-28)25(30)26-22-17(2)7-5-8-18(22)3/h5-15,28H,4,16H2,1-3H3,(H-,26,29,30). The zero-order chi connectivity index (χ0) is 21.7. The zero-order valence-corrected chi connectivity index (χ0v) is 18.3. The molecule has 0 atom stereocenters. The Bertz CT molecular complexity index is 1070. The van der Waals surface area contributed by atoms with Crippen LogP contribution in [0.3, 0.4) is 0 Å². The van der Waals surface area contributed by atoms with E-state index in [-0.39, 0.29) is 12.4 Å². The second-order valence-electron chi connectivity index (χ2n) is 7.23. The molecule has 154 valence electrons. The van der Waals surface area contributed by atoms with Crippen LogP contribution in [0.25, 0.3) is 11.5 Å². The van der Waals surface area contributed by atoms with Crippen molar-refractivity contribution in [2.24, 2.45) is 0 Å². The van der Waals surface area contributed by atoms with E-state index in [1.165, 1.54) is 5.56 Å². The molecule has 0 saturated heterocycles. The monoisotopic (exact) mass is 418 g/mol. The van der Waals surface area contributed by atoms with Crippen molar-refractivity contribution in [1.82, 2.24) is 0 Å². The number of aliphatic hydroxyl groups is 1. The van der Waals surface area contributed by atoms with Gasteiger partial charge in [0.1, 0.15) is 0 Å². The molecule has 0 fully saturated rings. The number of anilines is 1. The van der Waals surface area contributed by atoms with Crippen molar-refractivity contribution in [2.45, 2.75) is 33.8 Å². The van der Waals surface area contributed by atoms with E-state index in [1.54, 1.807) is 29.1 Å². The Morgan fingerprint density at radius 2 is 1.67 bits per heavy atom. The highest BCUT2D eigenvalue weighted by atomic mass is 32.1. The number of nitrogens with one attached hydrogen (secondary N) is 1. The minimum atomic E-state index is -0.179. The van der Waals surface area contributed by atoms with Gasteiger partial charge in [0.25, 0.3) is 0 Å². The van der Waals surface area contributed by atoms with Gasteiger partial charge in [-0.1, -0.05) is 61.6 Å². The zero-order valence-electron chi connectivity index (χ0n) is 17.5. The summed E-state index contributed by atoms with van der Waals surface area (Å²) in [7, 11) is 0. The van der Waals surface area contributed by atoms with Crippen molar-refractivity contribution >= 4 is 34.3 Å². The van der Waals surface area contributed by atoms with Crippen LogP contribution in [0.5, 0.6) is 0 Å². The first-order valence-corrected chi connectivity index (χ1v) is 10.3. The lowest BCUT2D eigenvalue weighted by Gasteiger charge is -2.19. The molecule has 0 spiro atoms. The summed E-state index contributed by atoms with van der Waals surface area (Å²) in [5, 5.41) is 26.3. The predicted octanol–water partition coefficient (Wildman–Crippen LogP) is 3.77. The second kappa shape index (κ2) is 9.65. The van der Waals surface area contributed by atoms with E-state index < -0.39 is 0 Å². The van der Waals surface area contributed by atoms with Gasteiger partial charge < -0.3 is 15.5 Å². The Balaban J connectivity index is 2.12. The molecule has 2 N–H and O–H groups in total. The Labute approximate surface area is 183 Å². The summed E-state index contributed by atoms with van der Waals surface area (Å²) >= 11 is 5.71. The molecule has 0 aliphatic rings. The number of aliphatic hydroxyl groups excluding tert-OH is 1. The van der Waals surface area contributed by atoms with Crippen LogP contribution in [0.15, 0.2) is 67.0 Å². The molecule has 3 rings (SSSR count). The van der Waals surface area contributed by atoms with E-state index >= 15 is 0 Å². The van der Waals surface area contributed by atoms with Gasteiger partial charge in [-0.25, -0.2) is 0 Å². The molecule has 1 heterocycles. The number of aryl methyl sites for hydroxylation is 3. The molecule has 0 saturated carbocycles. The molecular weight excluding hydrogens is 392 g/mol. The first-order valence-electron chi connectivity index (χ1n) is 9.94. The normalized spacial score (nSPS) is 11.7. The lowest BCUT2D eigenvalue weighted by molar-refractivity contribution is -0.578. The maximum absolute atomic E-state index is 13.5. The summed E-state index contributed by atoms with van der Waals surface area (Å²) in [5.74, 6) is -0.179. The highest BCUT2D eigenvalue weighted by Gasteiger charge is 2.20. The minimum absolute atomic E-state index is 0.120. The summed E-state index contributed by atoms with van der Waals surface area (Å²) in [4.78, 5) is 0.331. The first kappa shape index (κ1) is 21.7. The third-order valence-corrected chi connectivity index (χ3v) is 5.37. The second-order valence-corrected chi connectivity index (χ2v) is 7.63. The van der Waals surface area contributed by atoms with Crippen LogP contribution in [0, 0.1) is 13.8 Å². The Kier molecular flexibility index (Phi) is 6.98. The summed E-state index contributed by atoms with van der Waals surface area (Å²) < 4.78 is 1.69. The third kappa shape index (κ3) is 4.75. The molecule has 3 aromatic rings. The van der Waals surface area contributed by atoms with Crippen LogP contribution < -0.4 is 15.0 Å². The van der Waals surface area contributed by atoms with Gasteiger partial charge in [-0.15, -0.1) is 0 Å². The average Bonchev–Trinajstić information content (AvgIpc) is 2.76. The number of pyridine rings is 1. The summed E-state index contributed by atoms with van der Waals surface area (Å²) in [6, 6.07) is 17.2. The van der Waals surface area contributed by atoms with Crippen LogP contribution in [0.4, 0.5) is 5.69 Å². The topological polar surface area (TPSA) is 59.2 Å². The number of nitrogens with zero attached hydrogens (tertiary/aromatic N) is 1. The van der Waals surface area contributed by atoms with Crippen LogP contribution >= 0.6 is 12.2 Å². The molecule has 0 amide bonds. The van der Waals surface area contributed by atoms with E-state index in [2.05, 4.69) is 12.2 Å². The molecule has 0 radical (unpaired) electrons. The molecular formula is C25H26N2O2S. The van der Waals surface area contributed by atoms with Crippen LogP contribution in [-0.2, 0) is 13.0 Å². The number of benzene rings is 2. The van der Waals surface area contributed by atoms with Gasteiger partial charge in [-0.2, -0.15) is 4.57 Å². The molecule has 0 aliphatic carbocycles. The lowest BCUT2D eigenvalue weighted by atomic mass is 10.1. The minimum Gasteiger partial charge on any atom is -0.867 e. The molecule has 0 aliphatic heterocycles. The highest BCUT2D eigenvalue weighted by Crippen LogP contribution is 2.23. The first-order chi connectivity index (χ1) is 14.4. The number of thiocarbonyl (C=S) groups is 1. The fourth-order valence-electron chi connectivity index (χ4n) is 3.31. The highest BCUT2D eigenvalue weighted by molar-refractivity contribution is 7.81. The van der Waals surface area contributed by atoms with Crippen molar-refractivity contribution in [1.29, 1.82) is 0 Å². The predicted molar refractivity (Wildman–Crippen MR) is 124 cm³/mol. The van der Waals surface area contributed by atoms with Gasteiger partial charge >= 0.3 is 0 Å². The molecule has 30 heavy (non-hydrogen) atoms. The van der Waals surface area contributed by atoms with Gasteiger partial charge in [0.05, 0.1) is 6.61 Å². The quantitative estimate of drug-likeness (QED) is 0.277. The largest absolute Gasteiger partial charge is 0.867 e. The number of aromatic nitrogens is 1. The van der Waals surface area contributed by atoms with Crippen molar-refractivity contribution < 1.29 is 14.8 Å². The van der Waals surface area contributed by atoms with Crippen LogP contribution in [-0.4, -0.2) is 10.1 Å². The third-order valence-electron chi connectivity index (χ3n) is 5.08. The van der Waals surface area contributed by atoms with Crippen LogP contribution in [0.2, 0.25) is 0 Å². The SMILES string of the molecule is CCc1ccc(C([O-])=C(C(=S)Nc2c(C)cccc2C)[n+]2cccc(CO)c2)cc1. The van der Waals surface area contributed by atoms with Crippen molar-refractivity contribution in [2.75, 3.05) is 5.32 Å². The van der Waals surface area contributed by atoms with E-state index in [4.69, 9.17) is 12.2 Å². The average molecular weight is 419 g/mol. The summed E-state index contributed by atoms with van der Waals surface area (Å²) in [5.41, 5.74) is 5.75. The maximum Gasteiger partial charge on any atom is 0.238 e. The van der Waals surface area contributed by atoms with Gasteiger partial charge in [-0.05, 0) is 54.3 Å². The number of para-hydroxylation sites is 1. The summed E-state index contributed by atoms with van der Waals surface area (Å²) in [6.45, 7) is 5.96. The molecule has 1 aromatic heterocycles. The summed E-state index contributed by atoms with van der Waals surface area (Å²) in [6.07, 6.45) is 4.41. The number of hydrogen-bond acceptors (Lipinski definition) is 3. The number of rotatable bonds is 6. The fourth-order valence-corrected chi connectivity index (χ4v) is 3.61. The van der Waals surface area contributed by atoms with Crippen molar-refractivity contribution in [3.63, 3.8) is 0 Å². The van der Waals surface area contributed by atoms with Crippen molar-refractivity contribution in [3.8, 4) is 0 Å². The molecule has 2 aromatic carbocycles. The Hall–Kier alpha value is -3.02.